The number of imidazole rings is 1. The molecule has 2 heterocycles. The predicted molar refractivity (Wildman–Crippen MR) is 132 cm³/mol. The second-order valence-electron chi connectivity index (χ2n) is 10.0. The standard InChI is InChI=1S/C24H28ClF2N7O2/c1-24(21(28)36)6-4-14(5-7-24)34-20-18(11-29-22(33-20)30-13-2-3-15(35)10-13)31-23(34)32-19-16(25)8-12(26)9-17(19)27/h8-9,11,13-15,35H,2-7,10H2,1H3,(H2,28,36)(H,31,32)(H,29,30,33)/t13-,14-,15-,24-/m0/s1. The maximum Gasteiger partial charge on any atom is 0.224 e. The number of aromatic nitrogens is 4. The summed E-state index contributed by atoms with van der Waals surface area (Å²) < 4.78 is 30.1. The van der Waals surface area contributed by atoms with Gasteiger partial charge in [-0.3, -0.25) is 9.36 Å². The highest BCUT2D eigenvalue weighted by Crippen LogP contribution is 2.43. The van der Waals surface area contributed by atoms with Crippen molar-refractivity contribution < 1.29 is 18.7 Å². The summed E-state index contributed by atoms with van der Waals surface area (Å²) in [6.07, 6.45) is 5.79. The molecule has 2 aromatic heterocycles. The van der Waals surface area contributed by atoms with E-state index in [0.29, 0.717) is 49.2 Å². The fourth-order valence-electron chi connectivity index (χ4n) is 5.18. The number of hydrogen-bond acceptors (Lipinski definition) is 7. The van der Waals surface area contributed by atoms with Gasteiger partial charge in [0, 0.05) is 23.6 Å². The van der Waals surface area contributed by atoms with Crippen molar-refractivity contribution in [2.45, 2.75) is 70.1 Å². The molecule has 2 atom stereocenters. The third-order valence-corrected chi connectivity index (χ3v) is 7.73. The van der Waals surface area contributed by atoms with E-state index in [1.54, 1.807) is 6.20 Å². The lowest BCUT2D eigenvalue weighted by atomic mass is 9.73. The molecule has 36 heavy (non-hydrogen) atoms. The van der Waals surface area contributed by atoms with E-state index in [9.17, 15) is 18.7 Å². The molecule has 5 rings (SSSR count). The Balaban J connectivity index is 1.53. The highest BCUT2D eigenvalue weighted by Gasteiger charge is 2.38. The van der Waals surface area contributed by atoms with E-state index in [1.165, 1.54) is 0 Å². The minimum Gasteiger partial charge on any atom is -0.393 e. The van der Waals surface area contributed by atoms with E-state index in [4.69, 9.17) is 22.3 Å². The molecule has 12 heteroatoms. The first kappa shape index (κ1) is 24.6. The molecule has 9 nitrogen and oxygen atoms in total. The topological polar surface area (TPSA) is 131 Å². The average molecular weight is 520 g/mol. The first-order valence-electron chi connectivity index (χ1n) is 12.0. The Morgan fingerprint density at radius 3 is 2.61 bits per heavy atom. The number of anilines is 3. The van der Waals surface area contributed by atoms with Gasteiger partial charge in [-0.2, -0.15) is 4.98 Å². The number of amides is 1. The normalized spacial score (nSPS) is 26.3. The van der Waals surface area contributed by atoms with Crippen LogP contribution < -0.4 is 16.4 Å². The van der Waals surface area contributed by atoms with Crippen molar-refractivity contribution in [3.05, 3.63) is 35.0 Å². The molecule has 0 aliphatic heterocycles. The van der Waals surface area contributed by atoms with Gasteiger partial charge in [0.15, 0.2) is 11.5 Å². The van der Waals surface area contributed by atoms with Crippen LogP contribution in [-0.4, -0.2) is 42.7 Å². The molecule has 0 unspecified atom stereocenters. The molecule has 0 bridgehead atoms. The SMILES string of the molecule is C[C@]1(C(N)=O)CC[C@H](n2c(Nc3c(F)cc(F)cc3Cl)nc3cnc(N[C@H]4CC[C@H](O)C4)nc32)CC1. The number of nitrogens with two attached hydrogens (primary N) is 1. The van der Waals surface area contributed by atoms with Crippen molar-refractivity contribution in [1.82, 2.24) is 19.5 Å². The summed E-state index contributed by atoms with van der Waals surface area (Å²) in [4.78, 5) is 25.7. The van der Waals surface area contributed by atoms with Crippen LogP contribution in [0.3, 0.4) is 0 Å². The van der Waals surface area contributed by atoms with E-state index < -0.39 is 17.0 Å². The first-order valence-corrected chi connectivity index (χ1v) is 12.4. The Hall–Kier alpha value is -3.05. The molecule has 3 aromatic rings. The van der Waals surface area contributed by atoms with Crippen molar-refractivity contribution in [3.8, 4) is 0 Å². The van der Waals surface area contributed by atoms with Gasteiger partial charge in [-0.25, -0.2) is 18.7 Å². The Bertz CT molecular complexity index is 1290. The molecular formula is C24H28ClF2N7O2. The summed E-state index contributed by atoms with van der Waals surface area (Å²) in [5.41, 5.74) is 5.95. The Kier molecular flexibility index (Phi) is 6.46. The van der Waals surface area contributed by atoms with Gasteiger partial charge in [-0.05, 0) is 51.0 Å². The maximum atomic E-state index is 14.6. The molecule has 2 aliphatic rings. The lowest BCUT2D eigenvalue weighted by Crippen LogP contribution is -2.38. The largest absolute Gasteiger partial charge is 0.393 e. The van der Waals surface area contributed by atoms with E-state index in [1.807, 2.05) is 11.5 Å². The fraction of sp³-hybridized carbons (Fsp3) is 0.500. The summed E-state index contributed by atoms with van der Waals surface area (Å²) in [5, 5.41) is 15.9. The number of aliphatic hydroxyl groups is 1. The van der Waals surface area contributed by atoms with Crippen molar-refractivity contribution in [3.63, 3.8) is 0 Å². The van der Waals surface area contributed by atoms with E-state index in [0.717, 1.165) is 25.0 Å². The van der Waals surface area contributed by atoms with Gasteiger partial charge in [0.25, 0.3) is 0 Å². The third-order valence-electron chi connectivity index (χ3n) is 7.43. The molecule has 2 saturated carbocycles. The zero-order valence-electron chi connectivity index (χ0n) is 19.8. The van der Waals surface area contributed by atoms with Gasteiger partial charge < -0.3 is 21.5 Å². The van der Waals surface area contributed by atoms with Crippen LogP contribution in [0, 0.1) is 17.0 Å². The van der Waals surface area contributed by atoms with Crippen molar-refractivity contribution in [2.24, 2.45) is 11.1 Å². The number of nitrogens with one attached hydrogen (secondary N) is 2. The van der Waals surface area contributed by atoms with Crippen LogP contribution in [0.15, 0.2) is 18.3 Å². The number of rotatable bonds is 6. The Morgan fingerprint density at radius 1 is 1.22 bits per heavy atom. The van der Waals surface area contributed by atoms with Crippen molar-refractivity contribution >= 4 is 46.3 Å². The number of primary amides is 1. The number of aliphatic hydroxyl groups excluding tert-OH is 1. The lowest BCUT2D eigenvalue weighted by Gasteiger charge is -2.35. The number of carbonyl (C=O) groups is 1. The smallest absolute Gasteiger partial charge is 0.224 e. The van der Waals surface area contributed by atoms with Crippen LogP contribution in [0.5, 0.6) is 0 Å². The molecule has 192 valence electrons. The van der Waals surface area contributed by atoms with E-state index >= 15 is 0 Å². The van der Waals surface area contributed by atoms with Gasteiger partial charge >= 0.3 is 0 Å². The van der Waals surface area contributed by atoms with Crippen LogP contribution in [0.25, 0.3) is 11.2 Å². The molecule has 1 aromatic carbocycles. The third kappa shape index (κ3) is 4.69. The number of benzene rings is 1. The highest BCUT2D eigenvalue weighted by atomic mass is 35.5. The van der Waals surface area contributed by atoms with Crippen LogP contribution in [0.4, 0.5) is 26.4 Å². The minimum atomic E-state index is -0.850. The van der Waals surface area contributed by atoms with Gasteiger partial charge in [0.1, 0.15) is 11.3 Å². The van der Waals surface area contributed by atoms with Crippen LogP contribution in [0.1, 0.15) is 57.9 Å². The molecule has 1 amide bonds. The van der Waals surface area contributed by atoms with Gasteiger partial charge in [-0.1, -0.05) is 18.5 Å². The average Bonchev–Trinajstić information content (AvgIpc) is 3.39. The van der Waals surface area contributed by atoms with Crippen molar-refractivity contribution in [1.29, 1.82) is 0 Å². The number of nitrogens with zero attached hydrogens (tertiary/aromatic N) is 4. The number of carbonyl (C=O) groups excluding carboxylic acids is 1. The van der Waals surface area contributed by atoms with Crippen LogP contribution in [0.2, 0.25) is 5.02 Å². The van der Waals surface area contributed by atoms with Gasteiger partial charge in [0.05, 0.1) is 23.0 Å². The molecule has 0 spiro atoms. The molecular weight excluding hydrogens is 492 g/mol. The lowest BCUT2D eigenvalue weighted by molar-refractivity contribution is -0.128. The predicted octanol–water partition coefficient (Wildman–Crippen LogP) is 4.43. The summed E-state index contributed by atoms with van der Waals surface area (Å²) in [6.45, 7) is 1.87. The van der Waals surface area contributed by atoms with Crippen LogP contribution >= 0.6 is 11.6 Å². The summed E-state index contributed by atoms with van der Waals surface area (Å²) in [5.74, 6) is -1.28. The highest BCUT2D eigenvalue weighted by molar-refractivity contribution is 6.33. The maximum absolute atomic E-state index is 14.6. The van der Waals surface area contributed by atoms with Crippen molar-refractivity contribution in [2.75, 3.05) is 10.6 Å². The number of hydrogen-bond donors (Lipinski definition) is 4. The number of fused-ring (bicyclic) bond motifs is 1. The van der Waals surface area contributed by atoms with E-state index in [-0.39, 0.29) is 40.8 Å². The zero-order valence-corrected chi connectivity index (χ0v) is 20.5. The van der Waals surface area contributed by atoms with E-state index in [2.05, 4.69) is 20.6 Å². The Morgan fingerprint density at radius 2 is 1.97 bits per heavy atom. The summed E-state index contributed by atoms with van der Waals surface area (Å²) in [6, 6.07) is 1.72. The second kappa shape index (κ2) is 9.44. The zero-order chi connectivity index (χ0) is 25.6. The minimum absolute atomic E-state index is 0.0597. The van der Waals surface area contributed by atoms with Gasteiger partial charge in [0.2, 0.25) is 17.8 Å². The fourth-order valence-corrected chi connectivity index (χ4v) is 5.43. The molecule has 0 radical (unpaired) electrons. The summed E-state index contributed by atoms with van der Waals surface area (Å²) in [7, 11) is 0. The Labute approximate surface area is 211 Å². The molecule has 5 N–H and O–H groups in total. The van der Waals surface area contributed by atoms with Gasteiger partial charge in [-0.15, -0.1) is 0 Å². The quantitative estimate of drug-likeness (QED) is 0.379. The molecule has 2 fully saturated rings. The number of halogens is 3. The second-order valence-corrected chi connectivity index (χ2v) is 10.4. The van der Waals surface area contributed by atoms with Crippen LogP contribution in [-0.2, 0) is 4.79 Å². The molecule has 0 saturated heterocycles. The molecule has 2 aliphatic carbocycles. The first-order chi connectivity index (χ1) is 17.1. The summed E-state index contributed by atoms with van der Waals surface area (Å²) >= 11 is 6.14. The monoisotopic (exact) mass is 519 g/mol.